The van der Waals surface area contributed by atoms with E-state index >= 15 is 0 Å². The molecule has 0 aromatic heterocycles. The predicted octanol–water partition coefficient (Wildman–Crippen LogP) is 0.797. The van der Waals surface area contributed by atoms with Crippen LogP contribution in [0.15, 0.2) is 23.1 Å². The lowest BCUT2D eigenvalue weighted by atomic mass is 10.1. The largest absolute Gasteiger partial charge is 0.382 e. The lowest BCUT2D eigenvalue weighted by Gasteiger charge is -2.25. The summed E-state index contributed by atoms with van der Waals surface area (Å²) in [7, 11) is -2.30. The van der Waals surface area contributed by atoms with Crippen LogP contribution >= 0.6 is 0 Å². The number of carbonyl (C=O) groups is 1. The molecular formula is C13H20N2O4S. The fourth-order valence-electron chi connectivity index (χ4n) is 1.82. The minimum atomic E-state index is -3.84. The predicted molar refractivity (Wildman–Crippen MR) is 76.0 cm³/mol. The van der Waals surface area contributed by atoms with Gasteiger partial charge in [0.15, 0.2) is 0 Å². The van der Waals surface area contributed by atoms with Crippen LogP contribution in [0.1, 0.15) is 29.8 Å². The topological polar surface area (TPSA) is 98.5 Å². The molecule has 0 unspecified atom stereocenters. The van der Waals surface area contributed by atoms with E-state index in [1.54, 1.807) is 20.1 Å². The highest BCUT2D eigenvalue weighted by molar-refractivity contribution is 7.89. The molecular weight excluding hydrogens is 280 g/mol. The molecule has 1 aromatic rings. The van der Waals surface area contributed by atoms with E-state index in [2.05, 4.69) is 5.32 Å². The van der Waals surface area contributed by atoms with Crippen LogP contribution in [-0.2, 0) is 14.8 Å². The number of benzene rings is 1. The average Bonchev–Trinajstić information content (AvgIpc) is 2.26. The van der Waals surface area contributed by atoms with E-state index < -0.39 is 15.6 Å². The van der Waals surface area contributed by atoms with Crippen LogP contribution in [0.4, 0.5) is 0 Å². The van der Waals surface area contributed by atoms with Gasteiger partial charge in [-0.3, -0.25) is 4.79 Å². The van der Waals surface area contributed by atoms with Crippen molar-refractivity contribution in [1.82, 2.24) is 5.32 Å². The fraction of sp³-hybridized carbons (Fsp3) is 0.462. The molecule has 112 valence electrons. The van der Waals surface area contributed by atoms with Crippen LogP contribution in [0.5, 0.6) is 0 Å². The number of carbonyl (C=O) groups excluding carboxylic acids is 1. The molecule has 1 aromatic carbocycles. The quantitative estimate of drug-likeness (QED) is 0.840. The minimum Gasteiger partial charge on any atom is -0.382 e. The Morgan fingerprint density at radius 3 is 2.45 bits per heavy atom. The lowest BCUT2D eigenvalue weighted by Crippen LogP contribution is -2.46. The van der Waals surface area contributed by atoms with E-state index in [9.17, 15) is 13.2 Å². The number of primary sulfonamides is 1. The SMILES string of the molecule is COCC(C)(C)NC(=O)c1cc(C)cc(S(N)(=O)=O)c1. The monoisotopic (exact) mass is 300 g/mol. The molecule has 1 rings (SSSR count). The highest BCUT2D eigenvalue weighted by Gasteiger charge is 2.22. The molecule has 3 N–H and O–H groups in total. The van der Waals surface area contributed by atoms with Crippen molar-refractivity contribution in [2.45, 2.75) is 31.2 Å². The summed E-state index contributed by atoms with van der Waals surface area (Å²) >= 11 is 0. The Kier molecular flexibility index (Phi) is 4.90. The molecule has 0 atom stereocenters. The van der Waals surface area contributed by atoms with Gasteiger partial charge in [-0.2, -0.15) is 0 Å². The lowest BCUT2D eigenvalue weighted by molar-refractivity contribution is 0.0819. The molecule has 0 heterocycles. The summed E-state index contributed by atoms with van der Waals surface area (Å²) in [5.74, 6) is -0.374. The third kappa shape index (κ3) is 4.59. The number of nitrogens with one attached hydrogen (secondary N) is 1. The van der Waals surface area contributed by atoms with E-state index in [0.29, 0.717) is 12.2 Å². The Hall–Kier alpha value is -1.44. The third-order valence-corrected chi connectivity index (χ3v) is 3.49. The highest BCUT2D eigenvalue weighted by atomic mass is 32.2. The first kappa shape index (κ1) is 16.6. The Morgan fingerprint density at radius 1 is 1.35 bits per heavy atom. The van der Waals surface area contributed by atoms with Crippen LogP contribution in [0, 0.1) is 6.92 Å². The number of hydrogen-bond donors (Lipinski definition) is 2. The van der Waals surface area contributed by atoms with Crippen molar-refractivity contribution in [3.63, 3.8) is 0 Å². The zero-order chi connectivity index (χ0) is 15.6. The maximum Gasteiger partial charge on any atom is 0.251 e. The van der Waals surface area contributed by atoms with Gasteiger partial charge in [-0.25, -0.2) is 13.6 Å². The molecule has 0 bridgehead atoms. The van der Waals surface area contributed by atoms with E-state index in [4.69, 9.17) is 9.88 Å². The van der Waals surface area contributed by atoms with Gasteiger partial charge in [0.2, 0.25) is 10.0 Å². The molecule has 0 aliphatic carbocycles. The summed E-state index contributed by atoms with van der Waals surface area (Å²) in [6.07, 6.45) is 0. The molecule has 7 heteroatoms. The van der Waals surface area contributed by atoms with E-state index in [1.807, 2.05) is 13.8 Å². The van der Waals surface area contributed by atoms with Gasteiger partial charge in [-0.15, -0.1) is 0 Å². The summed E-state index contributed by atoms with van der Waals surface area (Å²) < 4.78 is 27.8. The number of aryl methyl sites for hydroxylation is 1. The van der Waals surface area contributed by atoms with Gasteiger partial charge in [0.1, 0.15) is 0 Å². The van der Waals surface area contributed by atoms with Crippen molar-refractivity contribution >= 4 is 15.9 Å². The maximum atomic E-state index is 12.2. The molecule has 6 nitrogen and oxygen atoms in total. The highest BCUT2D eigenvalue weighted by Crippen LogP contribution is 2.15. The van der Waals surface area contributed by atoms with Crippen molar-refractivity contribution < 1.29 is 17.9 Å². The van der Waals surface area contributed by atoms with E-state index in [0.717, 1.165) is 0 Å². The molecule has 0 radical (unpaired) electrons. The van der Waals surface area contributed by atoms with Gasteiger partial charge in [-0.1, -0.05) is 0 Å². The summed E-state index contributed by atoms with van der Waals surface area (Å²) in [5, 5.41) is 7.87. The Morgan fingerprint density at radius 2 is 1.95 bits per heavy atom. The van der Waals surface area contributed by atoms with Crippen molar-refractivity contribution in [2.24, 2.45) is 5.14 Å². The first-order chi connectivity index (χ1) is 9.05. The summed E-state index contributed by atoms with van der Waals surface area (Å²) in [4.78, 5) is 12.1. The standard InChI is InChI=1S/C13H20N2O4S/c1-9-5-10(7-11(6-9)20(14,17)18)12(16)15-13(2,3)8-19-4/h5-7H,8H2,1-4H3,(H,15,16)(H2,14,17,18). The second-order valence-corrected chi connectivity index (χ2v) is 6.91. The first-order valence-electron chi connectivity index (χ1n) is 6.01. The fourth-order valence-corrected chi connectivity index (χ4v) is 2.46. The van der Waals surface area contributed by atoms with E-state index in [-0.39, 0.29) is 16.4 Å². The molecule has 20 heavy (non-hydrogen) atoms. The smallest absolute Gasteiger partial charge is 0.251 e. The third-order valence-electron chi connectivity index (χ3n) is 2.60. The normalized spacial score (nSPS) is 12.2. The molecule has 0 saturated carbocycles. The second kappa shape index (κ2) is 5.90. The first-order valence-corrected chi connectivity index (χ1v) is 7.56. The minimum absolute atomic E-state index is 0.0767. The van der Waals surface area contributed by atoms with Gasteiger partial charge >= 0.3 is 0 Å². The number of ether oxygens (including phenoxy) is 1. The number of rotatable bonds is 5. The second-order valence-electron chi connectivity index (χ2n) is 5.35. The average molecular weight is 300 g/mol. The van der Waals surface area contributed by atoms with Crippen molar-refractivity contribution in [3.8, 4) is 0 Å². The zero-order valence-corrected chi connectivity index (χ0v) is 12.9. The Bertz CT molecular complexity index is 609. The van der Waals surface area contributed by atoms with Gasteiger partial charge in [0.05, 0.1) is 17.0 Å². The van der Waals surface area contributed by atoms with Crippen LogP contribution in [0.3, 0.4) is 0 Å². The summed E-state index contributed by atoms with van der Waals surface area (Å²) in [6.45, 7) is 5.66. The van der Waals surface area contributed by atoms with Crippen LogP contribution < -0.4 is 10.5 Å². The molecule has 0 spiro atoms. The Balaban J connectivity index is 3.09. The van der Waals surface area contributed by atoms with Gasteiger partial charge in [0.25, 0.3) is 5.91 Å². The molecule has 0 fully saturated rings. The number of amides is 1. The summed E-state index contributed by atoms with van der Waals surface area (Å²) in [6, 6.07) is 4.29. The van der Waals surface area contributed by atoms with Crippen molar-refractivity contribution in [1.29, 1.82) is 0 Å². The van der Waals surface area contributed by atoms with Gasteiger partial charge in [-0.05, 0) is 44.5 Å². The molecule has 0 aliphatic heterocycles. The van der Waals surface area contributed by atoms with E-state index in [1.165, 1.54) is 12.1 Å². The Labute approximate surface area is 119 Å². The molecule has 0 aliphatic rings. The number of sulfonamides is 1. The van der Waals surface area contributed by atoms with Crippen LogP contribution in [-0.4, -0.2) is 33.6 Å². The van der Waals surface area contributed by atoms with Crippen LogP contribution in [0.25, 0.3) is 0 Å². The zero-order valence-electron chi connectivity index (χ0n) is 12.1. The molecule has 0 saturated heterocycles. The van der Waals surface area contributed by atoms with Gasteiger partial charge in [0, 0.05) is 12.7 Å². The number of methoxy groups -OCH3 is 1. The summed E-state index contributed by atoms with van der Waals surface area (Å²) in [5.41, 5.74) is 0.335. The maximum absolute atomic E-state index is 12.2. The van der Waals surface area contributed by atoms with Crippen LogP contribution in [0.2, 0.25) is 0 Å². The number of nitrogens with two attached hydrogens (primary N) is 1. The number of hydrogen-bond acceptors (Lipinski definition) is 4. The van der Waals surface area contributed by atoms with Gasteiger partial charge < -0.3 is 10.1 Å². The van der Waals surface area contributed by atoms with Crippen molar-refractivity contribution in [3.05, 3.63) is 29.3 Å². The molecule has 1 amide bonds. The van der Waals surface area contributed by atoms with Crippen molar-refractivity contribution in [2.75, 3.05) is 13.7 Å².